The summed E-state index contributed by atoms with van der Waals surface area (Å²) in [7, 11) is 0. The maximum atomic E-state index is 13.9. The maximum absolute atomic E-state index is 13.9. The van der Waals surface area contributed by atoms with Gasteiger partial charge in [0.25, 0.3) is 5.91 Å². The first-order valence-electron chi connectivity index (χ1n) is 10.8. The molecule has 3 aromatic carbocycles. The normalized spacial score (nSPS) is 11.7. The molecule has 0 aliphatic carbocycles. The van der Waals surface area contributed by atoms with Gasteiger partial charge in [-0.25, -0.2) is 9.82 Å². The van der Waals surface area contributed by atoms with E-state index in [2.05, 4.69) is 37.1 Å². The number of fused-ring (bicyclic) bond motifs is 1. The second kappa shape index (κ2) is 12.0. The van der Waals surface area contributed by atoms with Crippen LogP contribution in [0.15, 0.2) is 70.2 Å². The quantitative estimate of drug-likeness (QED) is 0.217. The van der Waals surface area contributed by atoms with Crippen molar-refractivity contribution in [2.75, 3.05) is 18.7 Å². The summed E-state index contributed by atoms with van der Waals surface area (Å²) in [5.74, 6) is -1.38. The summed E-state index contributed by atoms with van der Waals surface area (Å²) < 4.78 is 30.4. The number of carbonyl (C=O) groups is 3. The Morgan fingerprint density at radius 2 is 1.86 bits per heavy atom. The Labute approximate surface area is 218 Å². The van der Waals surface area contributed by atoms with Crippen molar-refractivity contribution in [1.29, 1.82) is 0 Å². The highest BCUT2D eigenvalue weighted by Crippen LogP contribution is 2.32. The van der Waals surface area contributed by atoms with E-state index in [0.717, 1.165) is 5.56 Å². The fourth-order valence-electron chi connectivity index (χ4n) is 3.14. The molecule has 3 amide bonds. The summed E-state index contributed by atoms with van der Waals surface area (Å²) in [4.78, 5) is 36.1. The van der Waals surface area contributed by atoms with Gasteiger partial charge in [-0.05, 0) is 53.6 Å². The zero-order chi connectivity index (χ0) is 26.2. The highest BCUT2D eigenvalue weighted by molar-refractivity contribution is 9.10. The smallest absolute Gasteiger partial charge is 0.329 e. The van der Waals surface area contributed by atoms with Crippen molar-refractivity contribution in [3.8, 4) is 17.2 Å². The highest BCUT2D eigenvalue weighted by Gasteiger charge is 2.15. The molecule has 3 aromatic rings. The van der Waals surface area contributed by atoms with Crippen molar-refractivity contribution >= 4 is 45.6 Å². The number of rotatable bonds is 8. The van der Waals surface area contributed by atoms with Crippen LogP contribution in [0.4, 0.5) is 10.1 Å². The van der Waals surface area contributed by atoms with Gasteiger partial charge in [0.15, 0.2) is 18.1 Å². The number of anilines is 1. The van der Waals surface area contributed by atoms with Gasteiger partial charge in [-0.3, -0.25) is 14.4 Å². The largest absolute Gasteiger partial charge is 0.484 e. The van der Waals surface area contributed by atoms with Crippen LogP contribution in [0.3, 0.4) is 0 Å². The van der Waals surface area contributed by atoms with Crippen LogP contribution in [-0.2, 0) is 20.9 Å². The van der Waals surface area contributed by atoms with Gasteiger partial charge in [0.2, 0.25) is 6.79 Å². The molecule has 190 valence electrons. The molecule has 1 heterocycles. The Hall–Kier alpha value is -4.45. The monoisotopic (exact) mass is 570 g/mol. The highest BCUT2D eigenvalue weighted by atomic mass is 79.9. The molecule has 0 bridgehead atoms. The van der Waals surface area contributed by atoms with Crippen molar-refractivity contribution in [3.05, 3.63) is 82.1 Å². The number of hydrogen-bond acceptors (Lipinski definition) is 7. The molecule has 12 heteroatoms. The fraction of sp³-hybridized carbons (Fsp3) is 0.120. The topological polar surface area (TPSA) is 127 Å². The Bertz CT molecular complexity index is 1370. The van der Waals surface area contributed by atoms with Gasteiger partial charge in [-0.2, -0.15) is 5.10 Å². The number of nitrogens with one attached hydrogen (secondary N) is 3. The summed E-state index contributed by atoms with van der Waals surface area (Å²) in [6, 6.07) is 16.0. The third kappa shape index (κ3) is 7.27. The van der Waals surface area contributed by atoms with Crippen molar-refractivity contribution in [2.24, 2.45) is 5.10 Å². The third-order valence-corrected chi connectivity index (χ3v) is 5.40. The third-order valence-electron chi connectivity index (χ3n) is 4.91. The lowest BCUT2D eigenvalue weighted by atomic mass is 10.2. The molecule has 4 rings (SSSR count). The summed E-state index contributed by atoms with van der Waals surface area (Å²) >= 11 is 3.15. The summed E-state index contributed by atoms with van der Waals surface area (Å²) in [6.45, 7) is -0.0890. The molecule has 0 atom stereocenters. The number of hydrogen-bond donors (Lipinski definition) is 3. The van der Waals surface area contributed by atoms with Gasteiger partial charge in [0.1, 0.15) is 11.6 Å². The van der Waals surface area contributed by atoms with Gasteiger partial charge in [-0.15, -0.1) is 0 Å². The molecule has 37 heavy (non-hydrogen) atoms. The first-order chi connectivity index (χ1) is 17.9. The van der Waals surface area contributed by atoms with E-state index >= 15 is 0 Å². The molecular formula is C25H20BrFN4O6. The van der Waals surface area contributed by atoms with Crippen LogP contribution in [0, 0.1) is 5.82 Å². The van der Waals surface area contributed by atoms with Crippen LogP contribution in [0.2, 0.25) is 0 Å². The van der Waals surface area contributed by atoms with Crippen molar-refractivity contribution < 1.29 is 33.0 Å². The molecule has 1 aliphatic heterocycles. The standard InChI is InChI=1S/C25H20BrFN4O6/c26-17-5-6-20(19(27)10-17)30-23(32)13-35-18-3-1-2-15(8-18)12-29-31-25(34)24(33)28-11-16-4-7-21-22(9-16)37-14-36-21/h1-10,12H,11,13-14H2,(H,28,33)(H,30,32)(H,31,34)/b29-12-. The van der Waals surface area contributed by atoms with E-state index in [9.17, 15) is 18.8 Å². The zero-order valence-electron chi connectivity index (χ0n) is 19.1. The molecule has 0 spiro atoms. The zero-order valence-corrected chi connectivity index (χ0v) is 20.7. The molecular weight excluding hydrogens is 551 g/mol. The Morgan fingerprint density at radius 1 is 1.03 bits per heavy atom. The van der Waals surface area contributed by atoms with Crippen LogP contribution in [-0.4, -0.2) is 37.3 Å². The minimum absolute atomic E-state index is 0.0355. The van der Waals surface area contributed by atoms with Gasteiger partial charge in [0, 0.05) is 11.0 Å². The van der Waals surface area contributed by atoms with Crippen LogP contribution in [0.5, 0.6) is 17.2 Å². The molecule has 0 unspecified atom stereocenters. The minimum atomic E-state index is -0.943. The van der Waals surface area contributed by atoms with E-state index in [4.69, 9.17) is 14.2 Å². The lowest BCUT2D eigenvalue weighted by Crippen LogP contribution is -2.37. The number of amides is 3. The summed E-state index contributed by atoms with van der Waals surface area (Å²) in [5, 5.41) is 8.69. The van der Waals surface area contributed by atoms with Crippen molar-refractivity contribution in [1.82, 2.24) is 10.7 Å². The molecule has 1 aliphatic rings. The lowest BCUT2D eigenvalue weighted by molar-refractivity contribution is -0.139. The second-order valence-corrected chi connectivity index (χ2v) is 8.52. The number of hydrazone groups is 1. The predicted octanol–water partition coefficient (Wildman–Crippen LogP) is 3.10. The Balaban J connectivity index is 1.22. The predicted molar refractivity (Wildman–Crippen MR) is 135 cm³/mol. The van der Waals surface area contributed by atoms with Crippen LogP contribution in [0.1, 0.15) is 11.1 Å². The molecule has 0 saturated heterocycles. The van der Waals surface area contributed by atoms with Gasteiger partial charge in [0.05, 0.1) is 11.9 Å². The first-order valence-corrected chi connectivity index (χ1v) is 11.6. The van der Waals surface area contributed by atoms with E-state index in [0.29, 0.717) is 27.3 Å². The van der Waals surface area contributed by atoms with E-state index in [1.54, 1.807) is 48.5 Å². The van der Waals surface area contributed by atoms with Crippen LogP contribution < -0.4 is 30.3 Å². The van der Waals surface area contributed by atoms with E-state index in [1.807, 2.05) is 0 Å². The summed E-state index contributed by atoms with van der Waals surface area (Å²) in [5.41, 5.74) is 3.46. The lowest BCUT2D eigenvalue weighted by Gasteiger charge is -2.09. The van der Waals surface area contributed by atoms with Crippen LogP contribution >= 0.6 is 15.9 Å². The van der Waals surface area contributed by atoms with Crippen LogP contribution in [0.25, 0.3) is 0 Å². The molecule has 0 radical (unpaired) electrons. The molecule has 10 nitrogen and oxygen atoms in total. The SMILES string of the molecule is O=C(COc1cccc(/C=N\NC(=O)C(=O)NCc2ccc3c(c2)OCO3)c1)Nc1ccc(Br)cc1F. The van der Waals surface area contributed by atoms with Gasteiger partial charge in [-0.1, -0.05) is 34.1 Å². The van der Waals surface area contributed by atoms with E-state index < -0.39 is 23.5 Å². The Kier molecular flexibility index (Phi) is 8.31. The van der Waals surface area contributed by atoms with Gasteiger partial charge < -0.3 is 24.8 Å². The minimum Gasteiger partial charge on any atom is -0.484 e. The number of benzene rings is 3. The number of halogens is 2. The summed E-state index contributed by atoms with van der Waals surface area (Å²) in [6.07, 6.45) is 1.31. The van der Waals surface area contributed by atoms with Crippen molar-refractivity contribution in [2.45, 2.75) is 6.54 Å². The Morgan fingerprint density at radius 3 is 2.70 bits per heavy atom. The average molecular weight is 571 g/mol. The average Bonchev–Trinajstić information content (AvgIpc) is 3.36. The molecule has 3 N–H and O–H groups in total. The molecule has 0 fully saturated rings. The second-order valence-electron chi connectivity index (χ2n) is 7.60. The first kappa shape index (κ1) is 25.6. The van der Waals surface area contributed by atoms with E-state index in [-0.39, 0.29) is 25.6 Å². The number of nitrogens with zero attached hydrogens (tertiary/aromatic N) is 1. The number of ether oxygens (including phenoxy) is 3. The number of carbonyl (C=O) groups excluding carboxylic acids is 3. The van der Waals surface area contributed by atoms with Gasteiger partial charge >= 0.3 is 11.8 Å². The molecule has 0 saturated carbocycles. The molecule has 0 aromatic heterocycles. The fourth-order valence-corrected chi connectivity index (χ4v) is 3.47. The maximum Gasteiger partial charge on any atom is 0.329 e. The van der Waals surface area contributed by atoms with E-state index in [1.165, 1.54) is 18.3 Å². The van der Waals surface area contributed by atoms with Crippen molar-refractivity contribution in [3.63, 3.8) is 0 Å².